The smallest absolute Gasteiger partial charge is 0.298 e. The lowest BCUT2D eigenvalue weighted by Gasteiger charge is -2.01. The van der Waals surface area contributed by atoms with Crippen LogP contribution in [0.25, 0.3) is 0 Å². The molecule has 0 atom stereocenters. The van der Waals surface area contributed by atoms with Crippen LogP contribution in [0.15, 0.2) is 15.4 Å². The van der Waals surface area contributed by atoms with Gasteiger partial charge in [-0.2, -0.15) is 8.42 Å². The highest BCUT2D eigenvalue weighted by Gasteiger charge is 2.18. The average molecular weight is 246 g/mol. The Balaban J connectivity index is 2.71. The molecule has 0 aliphatic rings. The second kappa shape index (κ2) is 5.01. The molecule has 0 aliphatic heterocycles. The number of rotatable bonds is 5. The van der Waals surface area contributed by atoms with Crippen LogP contribution >= 0.6 is 0 Å². The molecular weight excluding hydrogens is 228 g/mol. The van der Waals surface area contributed by atoms with Gasteiger partial charge in [-0.25, -0.2) is 0 Å². The Kier molecular flexibility index (Phi) is 4.15. The fourth-order valence-corrected chi connectivity index (χ4v) is 2.27. The molecule has 0 bridgehead atoms. The Labute approximate surface area is 96.4 Å². The van der Waals surface area contributed by atoms with Crippen LogP contribution in [0.4, 0.5) is 0 Å². The molecule has 0 unspecified atom stereocenters. The fraction of sp³-hybridized carbons (Fsp3) is 0.636. The van der Waals surface area contributed by atoms with E-state index in [2.05, 4.69) is 13.8 Å². The van der Waals surface area contributed by atoms with E-state index in [1.54, 1.807) is 0 Å². The molecular formula is C11H18O4S. The second-order valence-corrected chi connectivity index (χ2v) is 5.78. The van der Waals surface area contributed by atoms with E-state index in [1.165, 1.54) is 13.0 Å². The number of hydrogen-bond acceptors (Lipinski definition) is 3. The largest absolute Gasteiger partial charge is 0.465 e. The van der Waals surface area contributed by atoms with Gasteiger partial charge < -0.3 is 4.42 Å². The van der Waals surface area contributed by atoms with Crippen LogP contribution in [-0.4, -0.2) is 13.0 Å². The summed E-state index contributed by atoms with van der Waals surface area (Å²) >= 11 is 0. The van der Waals surface area contributed by atoms with E-state index in [-0.39, 0.29) is 10.7 Å². The molecule has 5 heteroatoms. The molecule has 0 saturated carbocycles. The molecule has 0 fully saturated rings. The van der Waals surface area contributed by atoms with E-state index >= 15 is 0 Å². The maximum Gasteiger partial charge on any atom is 0.298 e. The Morgan fingerprint density at radius 3 is 2.50 bits per heavy atom. The van der Waals surface area contributed by atoms with Gasteiger partial charge in [-0.1, -0.05) is 20.3 Å². The average Bonchev–Trinajstić information content (AvgIpc) is 2.45. The van der Waals surface area contributed by atoms with E-state index in [0.717, 1.165) is 12.8 Å². The zero-order valence-corrected chi connectivity index (χ0v) is 10.7. The van der Waals surface area contributed by atoms with Gasteiger partial charge in [0.25, 0.3) is 10.1 Å². The SMILES string of the molecule is Cc1oc(CCCC(C)C)cc1S(=O)(=O)O. The summed E-state index contributed by atoms with van der Waals surface area (Å²) in [4.78, 5) is -0.118. The van der Waals surface area contributed by atoms with Gasteiger partial charge in [0.15, 0.2) is 0 Å². The lowest BCUT2D eigenvalue weighted by Crippen LogP contribution is -1.97. The van der Waals surface area contributed by atoms with E-state index in [9.17, 15) is 8.42 Å². The van der Waals surface area contributed by atoms with E-state index in [0.29, 0.717) is 18.1 Å². The molecule has 0 radical (unpaired) electrons. The van der Waals surface area contributed by atoms with E-state index in [4.69, 9.17) is 8.97 Å². The van der Waals surface area contributed by atoms with Crippen LogP contribution in [0.5, 0.6) is 0 Å². The van der Waals surface area contributed by atoms with Crippen LogP contribution in [0.3, 0.4) is 0 Å². The zero-order chi connectivity index (χ0) is 12.3. The molecule has 0 aliphatic carbocycles. The van der Waals surface area contributed by atoms with Gasteiger partial charge in [0.05, 0.1) is 0 Å². The van der Waals surface area contributed by atoms with Crippen molar-refractivity contribution in [1.29, 1.82) is 0 Å². The Bertz CT molecular complexity index is 443. The third kappa shape index (κ3) is 3.64. The number of furan rings is 1. The molecule has 4 nitrogen and oxygen atoms in total. The summed E-state index contributed by atoms with van der Waals surface area (Å²) in [5.74, 6) is 1.49. The molecule has 1 N–H and O–H groups in total. The summed E-state index contributed by atoms with van der Waals surface area (Å²) in [6, 6.07) is 1.41. The van der Waals surface area contributed by atoms with Crippen LogP contribution in [0.2, 0.25) is 0 Å². The maximum absolute atomic E-state index is 10.9. The number of aryl methyl sites for hydroxylation is 2. The van der Waals surface area contributed by atoms with Crippen molar-refractivity contribution < 1.29 is 17.4 Å². The molecule has 0 spiro atoms. The van der Waals surface area contributed by atoms with Crippen molar-refractivity contribution in [3.05, 3.63) is 17.6 Å². The van der Waals surface area contributed by atoms with Crippen molar-refractivity contribution in [2.75, 3.05) is 0 Å². The van der Waals surface area contributed by atoms with Crippen molar-refractivity contribution in [1.82, 2.24) is 0 Å². The van der Waals surface area contributed by atoms with Gasteiger partial charge in [-0.05, 0) is 19.3 Å². The van der Waals surface area contributed by atoms with E-state index in [1.807, 2.05) is 0 Å². The number of hydrogen-bond donors (Lipinski definition) is 1. The summed E-state index contributed by atoms with van der Waals surface area (Å²) in [6.45, 7) is 5.81. The van der Waals surface area contributed by atoms with Gasteiger partial charge >= 0.3 is 0 Å². The van der Waals surface area contributed by atoms with Gasteiger partial charge in [-0.3, -0.25) is 4.55 Å². The second-order valence-electron chi connectivity index (χ2n) is 4.39. The first-order valence-electron chi connectivity index (χ1n) is 5.37. The first kappa shape index (κ1) is 13.3. The molecule has 1 rings (SSSR count). The molecule has 16 heavy (non-hydrogen) atoms. The summed E-state index contributed by atoms with van der Waals surface area (Å²) in [7, 11) is -4.15. The van der Waals surface area contributed by atoms with Crippen LogP contribution in [-0.2, 0) is 16.5 Å². The lowest BCUT2D eigenvalue weighted by molar-refractivity contribution is 0.451. The van der Waals surface area contributed by atoms with Gasteiger partial charge in [0, 0.05) is 12.5 Å². The summed E-state index contributed by atoms with van der Waals surface area (Å²) < 4.78 is 36.1. The minimum absolute atomic E-state index is 0.118. The molecule has 1 heterocycles. The van der Waals surface area contributed by atoms with Crippen LogP contribution in [0.1, 0.15) is 38.2 Å². The maximum atomic E-state index is 10.9. The standard InChI is InChI=1S/C11H18O4S/c1-8(2)5-4-6-10-7-11(9(3)15-10)16(12,13)14/h7-8H,4-6H2,1-3H3,(H,12,13,14). The van der Waals surface area contributed by atoms with Gasteiger partial charge in [0.2, 0.25) is 0 Å². The van der Waals surface area contributed by atoms with Crippen molar-refractivity contribution in [2.45, 2.75) is 44.9 Å². The normalized spacial score (nSPS) is 12.3. The third-order valence-electron chi connectivity index (χ3n) is 2.41. The molecule has 92 valence electrons. The predicted octanol–water partition coefficient (Wildman–Crippen LogP) is 2.81. The Hall–Kier alpha value is -0.810. The van der Waals surface area contributed by atoms with Crippen molar-refractivity contribution in [2.24, 2.45) is 5.92 Å². The predicted molar refractivity (Wildman–Crippen MR) is 61.0 cm³/mol. The highest BCUT2D eigenvalue weighted by molar-refractivity contribution is 7.85. The first-order chi connectivity index (χ1) is 7.30. The van der Waals surface area contributed by atoms with Crippen molar-refractivity contribution >= 4 is 10.1 Å². The lowest BCUT2D eigenvalue weighted by atomic mass is 10.1. The minimum Gasteiger partial charge on any atom is -0.465 e. The third-order valence-corrected chi connectivity index (χ3v) is 3.37. The molecule has 0 amide bonds. The van der Waals surface area contributed by atoms with Crippen LogP contribution in [0, 0.1) is 12.8 Å². The van der Waals surface area contributed by atoms with Crippen LogP contribution < -0.4 is 0 Å². The van der Waals surface area contributed by atoms with Crippen molar-refractivity contribution in [3.8, 4) is 0 Å². The summed E-state index contributed by atoms with van der Waals surface area (Å²) in [5, 5.41) is 0. The quantitative estimate of drug-likeness (QED) is 0.811. The zero-order valence-electron chi connectivity index (χ0n) is 9.86. The molecule has 1 aromatic rings. The highest BCUT2D eigenvalue weighted by Crippen LogP contribution is 2.21. The summed E-state index contributed by atoms with van der Waals surface area (Å²) in [5.41, 5.74) is 0. The van der Waals surface area contributed by atoms with Gasteiger partial charge in [0.1, 0.15) is 16.4 Å². The van der Waals surface area contributed by atoms with E-state index < -0.39 is 10.1 Å². The monoisotopic (exact) mass is 246 g/mol. The molecule has 0 aromatic carbocycles. The molecule has 0 saturated heterocycles. The Morgan fingerprint density at radius 1 is 1.44 bits per heavy atom. The fourth-order valence-electron chi connectivity index (χ4n) is 1.59. The van der Waals surface area contributed by atoms with Crippen molar-refractivity contribution in [3.63, 3.8) is 0 Å². The highest BCUT2D eigenvalue weighted by atomic mass is 32.2. The summed E-state index contributed by atoms with van der Waals surface area (Å²) in [6.07, 6.45) is 2.73. The minimum atomic E-state index is -4.15. The van der Waals surface area contributed by atoms with Gasteiger partial charge in [-0.15, -0.1) is 0 Å². The topological polar surface area (TPSA) is 67.5 Å². The first-order valence-corrected chi connectivity index (χ1v) is 6.81. The molecule has 1 aromatic heterocycles. The Morgan fingerprint density at radius 2 is 2.06 bits per heavy atom.